The molecular formula is C26H30F2N2O. The van der Waals surface area contributed by atoms with Crippen molar-refractivity contribution in [2.24, 2.45) is 0 Å². The molecule has 0 unspecified atom stereocenters. The molecule has 5 heteroatoms. The van der Waals surface area contributed by atoms with E-state index in [0.717, 1.165) is 23.1 Å². The smallest absolute Gasteiger partial charge is 0.387 e. The highest BCUT2D eigenvalue weighted by atomic mass is 19.3. The second kappa shape index (κ2) is 12.1. The molecule has 0 radical (unpaired) electrons. The van der Waals surface area contributed by atoms with Crippen molar-refractivity contribution in [1.29, 1.82) is 0 Å². The molecule has 0 saturated carbocycles. The zero-order valence-electron chi connectivity index (χ0n) is 18.1. The molecule has 3 rings (SSSR count). The summed E-state index contributed by atoms with van der Waals surface area (Å²) in [6, 6.07) is 14.5. The van der Waals surface area contributed by atoms with Gasteiger partial charge in [-0.2, -0.15) is 8.78 Å². The first-order valence-corrected chi connectivity index (χ1v) is 11.1. The Balaban J connectivity index is 1.51. The highest BCUT2D eigenvalue weighted by Gasteiger charge is 2.06. The number of nitrogens with zero attached hydrogens (tertiary/aromatic N) is 2. The second-order valence-electron chi connectivity index (χ2n) is 7.77. The van der Waals surface area contributed by atoms with Gasteiger partial charge >= 0.3 is 6.61 Å². The summed E-state index contributed by atoms with van der Waals surface area (Å²) in [4.78, 5) is 9.06. The van der Waals surface area contributed by atoms with Gasteiger partial charge < -0.3 is 4.74 Å². The lowest BCUT2D eigenvalue weighted by Crippen LogP contribution is -2.01. The molecule has 0 aliphatic rings. The Morgan fingerprint density at radius 2 is 1.23 bits per heavy atom. The monoisotopic (exact) mass is 424 g/mol. The number of rotatable bonds is 12. The average molecular weight is 425 g/mol. The van der Waals surface area contributed by atoms with Gasteiger partial charge in [0, 0.05) is 18.0 Å². The lowest BCUT2D eigenvalue weighted by Gasteiger charge is -2.07. The van der Waals surface area contributed by atoms with Gasteiger partial charge in [-0.05, 0) is 41.7 Å². The maximum Gasteiger partial charge on any atom is 0.387 e. The lowest BCUT2D eigenvalue weighted by atomic mass is 10.0. The van der Waals surface area contributed by atoms with Gasteiger partial charge in [0.1, 0.15) is 5.75 Å². The van der Waals surface area contributed by atoms with Crippen LogP contribution in [-0.4, -0.2) is 16.6 Å². The summed E-state index contributed by atoms with van der Waals surface area (Å²) >= 11 is 0. The summed E-state index contributed by atoms with van der Waals surface area (Å²) in [6.45, 7) is -0.570. The first-order chi connectivity index (χ1) is 15.2. The fourth-order valence-corrected chi connectivity index (χ4v) is 3.56. The van der Waals surface area contributed by atoms with Crippen LogP contribution in [0.2, 0.25) is 0 Å². The number of halogens is 2. The van der Waals surface area contributed by atoms with Gasteiger partial charge in [-0.15, -0.1) is 0 Å². The Labute approximate surface area is 183 Å². The number of benzene rings is 2. The topological polar surface area (TPSA) is 35.0 Å². The molecule has 2 aromatic carbocycles. The fourth-order valence-electron chi connectivity index (χ4n) is 3.56. The van der Waals surface area contributed by atoms with Crippen LogP contribution < -0.4 is 4.74 Å². The third kappa shape index (κ3) is 7.42. The number of alkyl halides is 2. The Morgan fingerprint density at radius 1 is 0.710 bits per heavy atom. The molecule has 31 heavy (non-hydrogen) atoms. The van der Waals surface area contributed by atoms with E-state index < -0.39 is 6.61 Å². The highest BCUT2D eigenvalue weighted by Crippen LogP contribution is 2.25. The zero-order valence-corrected chi connectivity index (χ0v) is 18.1. The summed E-state index contributed by atoms with van der Waals surface area (Å²) in [5, 5.41) is 0. The third-order valence-electron chi connectivity index (χ3n) is 5.33. The Kier molecular flexibility index (Phi) is 8.95. The molecule has 0 aliphatic carbocycles. The fraction of sp³-hybridized carbons (Fsp3) is 0.385. The molecule has 0 aliphatic heterocycles. The van der Waals surface area contributed by atoms with Crippen molar-refractivity contribution in [2.45, 2.75) is 64.9 Å². The number of unbranched alkanes of at least 4 members (excludes halogenated alkanes) is 6. The van der Waals surface area contributed by atoms with Gasteiger partial charge in [-0.3, -0.25) is 0 Å². The second-order valence-corrected chi connectivity index (χ2v) is 7.77. The first kappa shape index (κ1) is 22.9. The van der Waals surface area contributed by atoms with Crippen LogP contribution in [0.15, 0.2) is 60.9 Å². The van der Waals surface area contributed by atoms with Crippen LogP contribution >= 0.6 is 0 Å². The number of aryl methyl sites for hydroxylation is 1. The molecule has 0 atom stereocenters. The molecule has 164 valence electrons. The van der Waals surface area contributed by atoms with Gasteiger partial charge in [0.15, 0.2) is 5.82 Å². The molecule has 3 aromatic rings. The van der Waals surface area contributed by atoms with E-state index in [1.54, 1.807) is 24.3 Å². The minimum atomic E-state index is -2.81. The summed E-state index contributed by atoms with van der Waals surface area (Å²) < 4.78 is 28.9. The summed E-state index contributed by atoms with van der Waals surface area (Å²) in [5.74, 6) is 0.857. The molecule has 1 aromatic heterocycles. The van der Waals surface area contributed by atoms with Crippen LogP contribution in [0, 0.1) is 0 Å². The molecule has 1 heterocycles. The van der Waals surface area contributed by atoms with Crippen LogP contribution in [0.5, 0.6) is 5.75 Å². The highest BCUT2D eigenvalue weighted by molar-refractivity contribution is 5.68. The Morgan fingerprint density at radius 3 is 1.81 bits per heavy atom. The molecule has 0 bridgehead atoms. The van der Waals surface area contributed by atoms with E-state index in [-0.39, 0.29) is 5.75 Å². The molecule has 0 amide bonds. The van der Waals surface area contributed by atoms with E-state index >= 15 is 0 Å². The quantitative estimate of drug-likeness (QED) is 0.279. The summed E-state index contributed by atoms with van der Waals surface area (Å²) in [7, 11) is 0. The number of ether oxygens (including phenoxy) is 1. The minimum Gasteiger partial charge on any atom is -0.435 e. The predicted octanol–water partition coefficient (Wildman–Crippen LogP) is 7.71. The van der Waals surface area contributed by atoms with Gasteiger partial charge in [0.25, 0.3) is 0 Å². The molecule has 0 fully saturated rings. The van der Waals surface area contributed by atoms with Crippen molar-refractivity contribution < 1.29 is 13.5 Å². The Hall–Kier alpha value is -2.82. The van der Waals surface area contributed by atoms with Crippen LogP contribution in [0.25, 0.3) is 22.5 Å². The predicted molar refractivity (Wildman–Crippen MR) is 121 cm³/mol. The average Bonchev–Trinajstić information content (AvgIpc) is 2.79. The van der Waals surface area contributed by atoms with E-state index in [2.05, 4.69) is 21.6 Å². The van der Waals surface area contributed by atoms with Crippen LogP contribution in [0.4, 0.5) is 8.78 Å². The number of aromatic nitrogens is 2. The molecule has 0 spiro atoms. The minimum absolute atomic E-state index is 0.153. The van der Waals surface area contributed by atoms with E-state index in [4.69, 9.17) is 0 Å². The van der Waals surface area contributed by atoms with Crippen molar-refractivity contribution in [2.75, 3.05) is 0 Å². The van der Waals surface area contributed by atoms with Gasteiger partial charge in [0.05, 0.1) is 0 Å². The molecule has 3 nitrogen and oxygen atoms in total. The first-order valence-electron chi connectivity index (χ1n) is 11.1. The SMILES string of the molecule is CCCCCCCCCc1cnc(-c2ccc(-c3ccc(OC(F)F)cc3)cc2)nc1. The van der Waals surface area contributed by atoms with Gasteiger partial charge in [-0.1, -0.05) is 81.8 Å². The number of hydrogen-bond acceptors (Lipinski definition) is 3. The molecule has 0 saturated heterocycles. The number of hydrogen-bond donors (Lipinski definition) is 0. The van der Waals surface area contributed by atoms with E-state index in [1.807, 2.05) is 36.7 Å². The van der Waals surface area contributed by atoms with Crippen LogP contribution in [0.1, 0.15) is 57.4 Å². The van der Waals surface area contributed by atoms with Gasteiger partial charge in [0.2, 0.25) is 0 Å². The summed E-state index contributed by atoms with van der Waals surface area (Å²) in [6.07, 6.45) is 14.0. The molecule has 0 N–H and O–H groups in total. The van der Waals surface area contributed by atoms with E-state index in [0.29, 0.717) is 5.82 Å². The molecular weight excluding hydrogens is 394 g/mol. The largest absolute Gasteiger partial charge is 0.435 e. The van der Waals surface area contributed by atoms with Gasteiger partial charge in [-0.25, -0.2) is 9.97 Å². The van der Waals surface area contributed by atoms with Crippen LogP contribution in [0.3, 0.4) is 0 Å². The lowest BCUT2D eigenvalue weighted by molar-refractivity contribution is -0.0498. The van der Waals surface area contributed by atoms with E-state index in [9.17, 15) is 8.78 Å². The Bertz CT molecular complexity index is 894. The van der Waals surface area contributed by atoms with Crippen molar-refractivity contribution in [3.8, 4) is 28.3 Å². The van der Waals surface area contributed by atoms with Crippen molar-refractivity contribution >= 4 is 0 Å². The standard InChI is InChI=1S/C26H30F2N2O/c1-2-3-4-5-6-7-8-9-20-18-29-25(30-19-20)23-12-10-21(11-13-23)22-14-16-24(17-15-22)31-26(27)28/h10-19,26H,2-9H2,1H3. The van der Waals surface area contributed by atoms with Crippen molar-refractivity contribution in [3.05, 3.63) is 66.5 Å². The van der Waals surface area contributed by atoms with E-state index in [1.165, 1.54) is 50.5 Å². The van der Waals surface area contributed by atoms with Crippen molar-refractivity contribution in [3.63, 3.8) is 0 Å². The summed E-state index contributed by atoms with van der Waals surface area (Å²) in [5.41, 5.74) is 4.05. The third-order valence-corrected chi connectivity index (χ3v) is 5.33. The van der Waals surface area contributed by atoms with Crippen molar-refractivity contribution in [1.82, 2.24) is 9.97 Å². The normalized spacial score (nSPS) is 11.1. The maximum absolute atomic E-state index is 12.3. The maximum atomic E-state index is 12.3. The van der Waals surface area contributed by atoms with Crippen LogP contribution in [-0.2, 0) is 6.42 Å². The zero-order chi connectivity index (χ0) is 21.9.